The van der Waals surface area contributed by atoms with Gasteiger partial charge in [-0.3, -0.25) is 4.79 Å². The van der Waals surface area contributed by atoms with Gasteiger partial charge in [-0.1, -0.05) is 12.1 Å². The van der Waals surface area contributed by atoms with E-state index in [1.807, 2.05) is 24.1 Å². The maximum Gasteiger partial charge on any atom is 0.236 e. The van der Waals surface area contributed by atoms with Crippen molar-refractivity contribution in [2.24, 2.45) is 0 Å². The highest BCUT2D eigenvalue weighted by atomic mass is 16.2. The zero-order valence-corrected chi connectivity index (χ0v) is 10.5. The van der Waals surface area contributed by atoms with Crippen molar-refractivity contribution >= 4 is 5.91 Å². The molecule has 2 rings (SSSR count). The number of carbonyl (C=O) groups is 1. The van der Waals surface area contributed by atoms with Gasteiger partial charge in [-0.2, -0.15) is 5.26 Å². The van der Waals surface area contributed by atoms with E-state index in [-0.39, 0.29) is 5.91 Å². The van der Waals surface area contributed by atoms with E-state index in [2.05, 4.69) is 11.4 Å². The fourth-order valence-corrected chi connectivity index (χ4v) is 1.80. The molecule has 0 atom stereocenters. The van der Waals surface area contributed by atoms with Gasteiger partial charge in [-0.15, -0.1) is 0 Å². The molecule has 0 heterocycles. The number of carbonyl (C=O) groups excluding carboxylic acids is 1. The standard InChI is InChI=1S/C14H17N3O/c1-17(13-6-7-13)14(18)10-16-9-12-4-2-11(8-15)3-5-12/h2-5,13,16H,6-7,9-10H2,1H3. The summed E-state index contributed by atoms with van der Waals surface area (Å²) in [5.74, 6) is 0.145. The first-order chi connectivity index (χ1) is 8.70. The van der Waals surface area contributed by atoms with Crippen molar-refractivity contribution in [3.8, 4) is 6.07 Å². The van der Waals surface area contributed by atoms with Crippen LogP contribution in [0.3, 0.4) is 0 Å². The summed E-state index contributed by atoms with van der Waals surface area (Å²) in [5.41, 5.74) is 1.74. The monoisotopic (exact) mass is 243 g/mol. The van der Waals surface area contributed by atoms with E-state index in [4.69, 9.17) is 5.26 Å². The lowest BCUT2D eigenvalue weighted by molar-refractivity contribution is -0.129. The predicted octanol–water partition coefficient (Wildman–Crippen LogP) is 1.27. The van der Waals surface area contributed by atoms with Crippen molar-refractivity contribution in [1.29, 1.82) is 5.26 Å². The first kappa shape index (κ1) is 12.6. The summed E-state index contributed by atoms with van der Waals surface area (Å²) in [6.45, 7) is 1.02. The van der Waals surface area contributed by atoms with Gasteiger partial charge in [0.2, 0.25) is 5.91 Å². The molecule has 0 radical (unpaired) electrons. The van der Waals surface area contributed by atoms with Gasteiger partial charge >= 0.3 is 0 Å². The van der Waals surface area contributed by atoms with Gasteiger partial charge in [0, 0.05) is 19.6 Å². The first-order valence-corrected chi connectivity index (χ1v) is 6.16. The summed E-state index contributed by atoms with van der Waals surface area (Å²) in [5, 5.41) is 11.8. The van der Waals surface area contributed by atoms with Gasteiger partial charge < -0.3 is 10.2 Å². The molecule has 1 fully saturated rings. The third-order valence-electron chi connectivity index (χ3n) is 3.18. The molecule has 1 amide bonds. The van der Waals surface area contributed by atoms with Crippen molar-refractivity contribution in [2.75, 3.05) is 13.6 Å². The van der Waals surface area contributed by atoms with E-state index in [9.17, 15) is 4.79 Å². The van der Waals surface area contributed by atoms with Crippen molar-refractivity contribution in [3.63, 3.8) is 0 Å². The number of nitrogens with zero attached hydrogens (tertiary/aromatic N) is 2. The molecule has 0 bridgehead atoms. The maximum absolute atomic E-state index is 11.7. The van der Waals surface area contributed by atoms with Gasteiger partial charge in [0.15, 0.2) is 0 Å². The van der Waals surface area contributed by atoms with E-state index < -0.39 is 0 Å². The lowest BCUT2D eigenvalue weighted by Gasteiger charge is -2.16. The molecule has 1 aromatic carbocycles. The van der Waals surface area contributed by atoms with Crippen molar-refractivity contribution in [1.82, 2.24) is 10.2 Å². The Kier molecular flexibility index (Phi) is 3.96. The molecule has 18 heavy (non-hydrogen) atoms. The van der Waals surface area contributed by atoms with Crippen molar-refractivity contribution in [3.05, 3.63) is 35.4 Å². The largest absolute Gasteiger partial charge is 0.342 e. The smallest absolute Gasteiger partial charge is 0.236 e. The second-order valence-electron chi connectivity index (χ2n) is 4.65. The highest BCUT2D eigenvalue weighted by molar-refractivity contribution is 5.78. The summed E-state index contributed by atoms with van der Waals surface area (Å²) in [7, 11) is 1.86. The van der Waals surface area contributed by atoms with Crippen LogP contribution in [-0.2, 0) is 11.3 Å². The summed E-state index contributed by atoms with van der Waals surface area (Å²) in [6, 6.07) is 9.93. The summed E-state index contributed by atoms with van der Waals surface area (Å²) in [4.78, 5) is 13.6. The van der Waals surface area contributed by atoms with E-state index >= 15 is 0 Å². The van der Waals surface area contributed by atoms with Crippen LogP contribution in [0.1, 0.15) is 24.0 Å². The van der Waals surface area contributed by atoms with Crippen LogP contribution in [0.4, 0.5) is 0 Å². The number of benzene rings is 1. The van der Waals surface area contributed by atoms with Crippen molar-refractivity contribution in [2.45, 2.75) is 25.4 Å². The van der Waals surface area contributed by atoms with Gasteiger partial charge in [-0.05, 0) is 30.5 Å². The van der Waals surface area contributed by atoms with E-state index in [1.165, 1.54) is 0 Å². The lowest BCUT2D eigenvalue weighted by Crippen LogP contribution is -2.36. The highest BCUT2D eigenvalue weighted by Crippen LogP contribution is 2.25. The molecule has 94 valence electrons. The molecule has 4 heteroatoms. The number of likely N-dealkylation sites (N-methyl/N-ethyl adjacent to an activating group) is 1. The minimum Gasteiger partial charge on any atom is -0.342 e. The number of rotatable bonds is 5. The summed E-state index contributed by atoms with van der Waals surface area (Å²) >= 11 is 0. The average molecular weight is 243 g/mol. The molecule has 4 nitrogen and oxygen atoms in total. The number of hydrogen-bond donors (Lipinski definition) is 1. The highest BCUT2D eigenvalue weighted by Gasteiger charge is 2.28. The topological polar surface area (TPSA) is 56.1 Å². The predicted molar refractivity (Wildman–Crippen MR) is 68.7 cm³/mol. The molecule has 0 unspecified atom stereocenters. The second-order valence-corrected chi connectivity index (χ2v) is 4.65. The molecule has 1 N–H and O–H groups in total. The molecular weight excluding hydrogens is 226 g/mol. The number of nitriles is 1. The first-order valence-electron chi connectivity index (χ1n) is 6.16. The van der Waals surface area contributed by atoms with Crippen LogP contribution < -0.4 is 5.32 Å². The van der Waals surface area contributed by atoms with Crippen LogP contribution in [0, 0.1) is 11.3 Å². The molecule has 1 saturated carbocycles. The molecule has 0 spiro atoms. The zero-order chi connectivity index (χ0) is 13.0. The Balaban J connectivity index is 1.74. The Morgan fingerprint density at radius 2 is 2.11 bits per heavy atom. The number of hydrogen-bond acceptors (Lipinski definition) is 3. The van der Waals surface area contributed by atoms with Gasteiger partial charge in [0.25, 0.3) is 0 Å². The maximum atomic E-state index is 11.7. The van der Waals surface area contributed by atoms with Gasteiger partial charge in [0.1, 0.15) is 0 Å². The molecule has 1 aliphatic rings. The molecule has 0 saturated heterocycles. The van der Waals surface area contributed by atoms with E-state index in [1.54, 1.807) is 12.1 Å². The second kappa shape index (κ2) is 5.65. The summed E-state index contributed by atoms with van der Waals surface area (Å²) < 4.78 is 0. The quantitative estimate of drug-likeness (QED) is 0.847. The minimum atomic E-state index is 0.145. The third kappa shape index (κ3) is 3.31. The third-order valence-corrected chi connectivity index (χ3v) is 3.18. The van der Waals surface area contributed by atoms with Crippen LogP contribution >= 0.6 is 0 Å². The Morgan fingerprint density at radius 1 is 1.44 bits per heavy atom. The van der Waals surface area contributed by atoms with Crippen LogP contribution in [-0.4, -0.2) is 30.4 Å². The van der Waals surface area contributed by atoms with Gasteiger partial charge in [-0.25, -0.2) is 0 Å². The Morgan fingerprint density at radius 3 is 2.67 bits per heavy atom. The SMILES string of the molecule is CN(C(=O)CNCc1ccc(C#N)cc1)C1CC1. The molecule has 0 aromatic heterocycles. The molecule has 1 aliphatic carbocycles. The minimum absolute atomic E-state index is 0.145. The zero-order valence-electron chi connectivity index (χ0n) is 10.5. The van der Waals surface area contributed by atoms with Gasteiger partial charge in [0.05, 0.1) is 18.2 Å². The molecule has 1 aromatic rings. The number of nitrogens with one attached hydrogen (secondary N) is 1. The molecular formula is C14H17N3O. The van der Waals surface area contributed by atoms with Crippen LogP contribution in [0.5, 0.6) is 0 Å². The van der Waals surface area contributed by atoms with Crippen LogP contribution in [0.15, 0.2) is 24.3 Å². The van der Waals surface area contributed by atoms with E-state index in [0.717, 1.165) is 18.4 Å². The fraction of sp³-hybridized carbons (Fsp3) is 0.429. The number of amides is 1. The van der Waals surface area contributed by atoms with E-state index in [0.29, 0.717) is 24.7 Å². The normalized spacial score (nSPS) is 14.0. The fourth-order valence-electron chi connectivity index (χ4n) is 1.80. The van der Waals surface area contributed by atoms with Crippen molar-refractivity contribution < 1.29 is 4.79 Å². The Bertz CT molecular complexity index is 457. The van der Waals surface area contributed by atoms with Crippen LogP contribution in [0.2, 0.25) is 0 Å². The Labute approximate surface area is 107 Å². The lowest BCUT2D eigenvalue weighted by atomic mass is 10.1. The average Bonchev–Trinajstić information content (AvgIpc) is 3.23. The van der Waals surface area contributed by atoms with Crippen LogP contribution in [0.25, 0.3) is 0 Å². The summed E-state index contributed by atoms with van der Waals surface area (Å²) in [6.07, 6.45) is 2.27. The molecule has 0 aliphatic heterocycles. The Hall–Kier alpha value is -1.86.